The van der Waals surface area contributed by atoms with Crippen LogP contribution in [0, 0.1) is 0 Å². The van der Waals surface area contributed by atoms with E-state index in [9.17, 15) is 18.0 Å². The van der Waals surface area contributed by atoms with E-state index in [4.69, 9.17) is 4.74 Å². The lowest BCUT2D eigenvalue weighted by Gasteiger charge is -2.19. The first-order chi connectivity index (χ1) is 12.6. The van der Waals surface area contributed by atoms with Crippen LogP contribution in [0.5, 0.6) is 0 Å². The first-order valence-corrected chi connectivity index (χ1v) is 9.73. The van der Waals surface area contributed by atoms with E-state index in [1.165, 1.54) is 18.2 Å². The van der Waals surface area contributed by atoms with E-state index < -0.39 is 28.1 Å². The maximum Gasteiger partial charge on any atom is 0.321 e. The van der Waals surface area contributed by atoms with Crippen molar-refractivity contribution in [2.75, 3.05) is 11.9 Å². The van der Waals surface area contributed by atoms with Crippen molar-refractivity contribution < 1.29 is 22.7 Å². The minimum atomic E-state index is -3.94. The number of nitrogens with one attached hydrogen (secondary N) is 2. The topological polar surface area (TPSA) is 102 Å². The lowest BCUT2D eigenvalue weighted by molar-refractivity contribution is -0.153. The molecule has 0 aliphatic heterocycles. The number of hydrogen-bond acceptors (Lipinski definition) is 5. The third-order valence-electron chi connectivity index (χ3n) is 3.26. The van der Waals surface area contributed by atoms with E-state index in [-0.39, 0.29) is 10.8 Å². The van der Waals surface area contributed by atoms with Crippen LogP contribution >= 0.6 is 0 Å². The van der Waals surface area contributed by atoms with Gasteiger partial charge in [-0.2, -0.15) is 4.72 Å². The van der Waals surface area contributed by atoms with Gasteiger partial charge in [-0.05, 0) is 51.1 Å². The zero-order valence-electron chi connectivity index (χ0n) is 15.4. The SMILES string of the molecule is CC(C)(C)OC(=O)CNS(=O)(=O)c1cccc(NC(=O)c2ccccc2)c1. The molecule has 8 heteroatoms. The fourth-order valence-electron chi connectivity index (χ4n) is 2.15. The maximum absolute atomic E-state index is 12.4. The Morgan fingerprint density at radius 3 is 2.30 bits per heavy atom. The summed E-state index contributed by atoms with van der Waals surface area (Å²) >= 11 is 0. The molecule has 0 atom stereocenters. The molecule has 0 saturated heterocycles. The van der Waals surface area contributed by atoms with Crippen molar-refractivity contribution in [2.45, 2.75) is 31.3 Å². The zero-order chi connectivity index (χ0) is 20.1. The summed E-state index contributed by atoms with van der Waals surface area (Å²) in [6.07, 6.45) is 0. The molecule has 0 bridgehead atoms. The minimum Gasteiger partial charge on any atom is -0.459 e. The van der Waals surface area contributed by atoms with Gasteiger partial charge in [0.1, 0.15) is 12.1 Å². The Bertz CT molecular complexity index is 919. The lowest BCUT2D eigenvalue weighted by atomic mass is 10.2. The number of carbonyl (C=O) groups excluding carboxylic acids is 2. The number of rotatable bonds is 6. The van der Waals surface area contributed by atoms with Crippen LogP contribution in [0.4, 0.5) is 5.69 Å². The average Bonchev–Trinajstić information content (AvgIpc) is 2.60. The standard InChI is InChI=1S/C19H22N2O5S/c1-19(2,3)26-17(22)13-20-27(24,25)16-11-7-10-15(12-16)21-18(23)14-8-5-4-6-9-14/h4-12,20H,13H2,1-3H3,(H,21,23). The van der Waals surface area contributed by atoms with Crippen molar-refractivity contribution in [3.63, 3.8) is 0 Å². The Hall–Kier alpha value is -2.71. The summed E-state index contributed by atoms with van der Waals surface area (Å²) < 4.78 is 32.0. The summed E-state index contributed by atoms with van der Waals surface area (Å²) in [5.41, 5.74) is 0.0715. The van der Waals surface area contributed by atoms with Gasteiger partial charge >= 0.3 is 5.97 Å². The van der Waals surface area contributed by atoms with Crippen molar-refractivity contribution >= 4 is 27.6 Å². The number of hydrogen-bond donors (Lipinski definition) is 2. The highest BCUT2D eigenvalue weighted by Crippen LogP contribution is 2.16. The molecular formula is C19H22N2O5S. The molecule has 0 saturated carbocycles. The fraction of sp³-hybridized carbons (Fsp3) is 0.263. The Kier molecular flexibility index (Phi) is 6.35. The predicted octanol–water partition coefficient (Wildman–Crippen LogP) is 2.56. The van der Waals surface area contributed by atoms with E-state index in [0.717, 1.165) is 0 Å². The van der Waals surface area contributed by atoms with Crippen LogP contribution < -0.4 is 10.0 Å². The van der Waals surface area contributed by atoms with Crippen LogP contribution in [0.3, 0.4) is 0 Å². The van der Waals surface area contributed by atoms with Crippen molar-refractivity contribution in [2.24, 2.45) is 0 Å². The quantitative estimate of drug-likeness (QED) is 0.738. The van der Waals surface area contributed by atoms with Gasteiger partial charge in [-0.25, -0.2) is 8.42 Å². The van der Waals surface area contributed by atoms with E-state index in [0.29, 0.717) is 11.3 Å². The van der Waals surface area contributed by atoms with Gasteiger partial charge in [0.2, 0.25) is 10.0 Å². The molecule has 0 aliphatic rings. The molecule has 0 unspecified atom stereocenters. The highest BCUT2D eigenvalue weighted by Gasteiger charge is 2.20. The molecule has 7 nitrogen and oxygen atoms in total. The molecule has 0 fully saturated rings. The second kappa shape index (κ2) is 8.32. The molecule has 0 aliphatic carbocycles. The normalized spacial score (nSPS) is 11.7. The number of carbonyl (C=O) groups is 2. The monoisotopic (exact) mass is 390 g/mol. The van der Waals surface area contributed by atoms with Gasteiger partial charge in [0, 0.05) is 11.3 Å². The molecule has 2 aromatic carbocycles. The average molecular weight is 390 g/mol. The maximum atomic E-state index is 12.4. The second-order valence-electron chi connectivity index (χ2n) is 6.76. The van der Waals surface area contributed by atoms with Crippen LogP contribution in [-0.2, 0) is 19.6 Å². The molecular weight excluding hydrogens is 368 g/mol. The Labute approximate surface area is 158 Å². The number of anilines is 1. The second-order valence-corrected chi connectivity index (χ2v) is 8.53. The summed E-state index contributed by atoms with van der Waals surface area (Å²) in [6.45, 7) is 4.59. The molecule has 2 rings (SSSR count). The van der Waals surface area contributed by atoms with Crippen LogP contribution in [0.2, 0.25) is 0 Å². The van der Waals surface area contributed by atoms with Gasteiger partial charge in [-0.3, -0.25) is 9.59 Å². The molecule has 27 heavy (non-hydrogen) atoms. The Morgan fingerprint density at radius 2 is 1.67 bits per heavy atom. The van der Waals surface area contributed by atoms with Gasteiger partial charge in [-0.1, -0.05) is 24.3 Å². The Balaban J connectivity index is 2.07. The van der Waals surface area contributed by atoms with Crippen LogP contribution in [0.25, 0.3) is 0 Å². The van der Waals surface area contributed by atoms with Crippen molar-refractivity contribution in [3.05, 3.63) is 60.2 Å². The summed E-state index contributed by atoms with van der Waals surface area (Å²) in [4.78, 5) is 23.8. The van der Waals surface area contributed by atoms with Crippen LogP contribution in [0.15, 0.2) is 59.5 Å². The number of ether oxygens (including phenoxy) is 1. The summed E-state index contributed by atoms with van der Waals surface area (Å²) in [5.74, 6) is -1.04. The zero-order valence-corrected chi connectivity index (χ0v) is 16.2. The third-order valence-corrected chi connectivity index (χ3v) is 4.66. The van der Waals surface area contributed by atoms with E-state index >= 15 is 0 Å². The molecule has 0 heterocycles. The largest absolute Gasteiger partial charge is 0.459 e. The van der Waals surface area contributed by atoms with Crippen LogP contribution in [0.1, 0.15) is 31.1 Å². The Morgan fingerprint density at radius 1 is 1.00 bits per heavy atom. The molecule has 144 valence electrons. The number of benzene rings is 2. The fourth-order valence-corrected chi connectivity index (χ4v) is 3.16. The molecule has 0 spiro atoms. The summed E-state index contributed by atoms with van der Waals surface area (Å²) in [7, 11) is -3.94. The van der Waals surface area contributed by atoms with Crippen molar-refractivity contribution in [3.8, 4) is 0 Å². The number of amides is 1. The third kappa shape index (κ3) is 6.50. The van der Waals surface area contributed by atoms with Crippen molar-refractivity contribution in [1.82, 2.24) is 4.72 Å². The molecule has 2 aromatic rings. The minimum absolute atomic E-state index is 0.0723. The van der Waals surface area contributed by atoms with E-state index in [1.807, 2.05) is 0 Å². The highest BCUT2D eigenvalue weighted by atomic mass is 32.2. The smallest absolute Gasteiger partial charge is 0.321 e. The van der Waals surface area contributed by atoms with E-state index in [1.54, 1.807) is 57.2 Å². The van der Waals surface area contributed by atoms with Crippen molar-refractivity contribution in [1.29, 1.82) is 0 Å². The lowest BCUT2D eigenvalue weighted by Crippen LogP contribution is -2.34. The summed E-state index contributed by atoms with van der Waals surface area (Å²) in [5, 5.41) is 2.64. The van der Waals surface area contributed by atoms with Gasteiger partial charge in [0.15, 0.2) is 0 Å². The molecule has 1 amide bonds. The number of sulfonamides is 1. The first-order valence-electron chi connectivity index (χ1n) is 8.25. The molecule has 0 radical (unpaired) electrons. The summed E-state index contributed by atoms with van der Waals surface area (Å²) in [6, 6.07) is 14.3. The van der Waals surface area contributed by atoms with Gasteiger partial charge in [-0.15, -0.1) is 0 Å². The highest BCUT2D eigenvalue weighted by molar-refractivity contribution is 7.89. The first kappa shape index (κ1) is 20.6. The molecule has 0 aromatic heterocycles. The number of esters is 1. The van der Waals surface area contributed by atoms with Gasteiger partial charge in [0.25, 0.3) is 5.91 Å². The van der Waals surface area contributed by atoms with Crippen LogP contribution in [-0.4, -0.2) is 32.4 Å². The predicted molar refractivity (Wildman–Crippen MR) is 102 cm³/mol. The van der Waals surface area contributed by atoms with E-state index in [2.05, 4.69) is 10.0 Å². The molecule has 2 N–H and O–H groups in total. The van der Waals surface area contributed by atoms with Gasteiger partial charge < -0.3 is 10.1 Å². The van der Waals surface area contributed by atoms with Gasteiger partial charge in [0.05, 0.1) is 4.90 Å².